The lowest BCUT2D eigenvalue weighted by atomic mass is 10.3. The molecule has 5 nitrogen and oxygen atoms in total. The quantitative estimate of drug-likeness (QED) is 0.841. The number of halogens is 1. The molecular weight excluding hydrogens is 335 g/mol. The second kappa shape index (κ2) is 4.66. The van der Waals surface area contributed by atoms with Crippen molar-refractivity contribution in [3.63, 3.8) is 0 Å². The summed E-state index contributed by atoms with van der Waals surface area (Å²) < 4.78 is 2.37. The van der Waals surface area contributed by atoms with Crippen molar-refractivity contribution in [2.45, 2.75) is 0 Å². The van der Waals surface area contributed by atoms with Gasteiger partial charge in [-0.1, -0.05) is 6.07 Å². The van der Waals surface area contributed by atoms with Gasteiger partial charge in [-0.2, -0.15) is 5.10 Å². The first-order valence-electron chi connectivity index (χ1n) is 4.67. The molecule has 0 bridgehead atoms. The normalized spacial score (nSPS) is 10.2. The Kier molecular flexibility index (Phi) is 3.23. The highest BCUT2D eigenvalue weighted by Crippen LogP contribution is 2.10. The summed E-state index contributed by atoms with van der Waals surface area (Å²) in [7, 11) is 0. The highest BCUT2D eigenvalue weighted by molar-refractivity contribution is 14.1. The number of hydrogen-bond donors (Lipinski definition) is 1. The van der Waals surface area contributed by atoms with Crippen molar-refractivity contribution in [3.05, 3.63) is 56.0 Å². The number of nitrogens with zero attached hydrogens (tertiary/aromatic N) is 2. The first kappa shape index (κ1) is 11.8. The van der Waals surface area contributed by atoms with Crippen LogP contribution in [0.2, 0.25) is 0 Å². The molecule has 2 rings (SSSR count). The number of hydrogen-bond acceptors (Lipinski definition) is 3. The summed E-state index contributed by atoms with van der Waals surface area (Å²) in [6.07, 6.45) is 1.44. The zero-order valence-corrected chi connectivity index (χ0v) is 10.7. The molecule has 0 aliphatic heterocycles. The Morgan fingerprint density at radius 1 is 1.35 bits per heavy atom. The van der Waals surface area contributed by atoms with Crippen LogP contribution in [0.25, 0.3) is 5.69 Å². The third-order valence-electron chi connectivity index (χ3n) is 2.08. The van der Waals surface area contributed by atoms with E-state index in [0.717, 1.165) is 3.57 Å². The number of carboxylic acid groups (broad SMARTS) is 1. The van der Waals surface area contributed by atoms with Crippen LogP contribution in [0.4, 0.5) is 0 Å². The third-order valence-corrected chi connectivity index (χ3v) is 2.75. The Bertz CT molecular complexity index is 637. The molecular formula is C11H7IN2O3. The van der Waals surface area contributed by atoms with Gasteiger partial charge in [0.25, 0.3) is 0 Å². The molecule has 0 saturated heterocycles. The number of aromatic nitrogens is 2. The SMILES string of the molecule is O=C(O)c1nn(-c2cccc(I)c2)ccc1=O. The van der Waals surface area contributed by atoms with Crippen molar-refractivity contribution in [3.8, 4) is 5.69 Å². The molecule has 0 fully saturated rings. The minimum Gasteiger partial charge on any atom is -0.476 e. The van der Waals surface area contributed by atoms with Gasteiger partial charge in [0.2, 0.25) is 11.1 Å². The highest BCUT2D eigenvalue weighted by Gasteiger charge is 2.11. The monoisotopic (exact) mass is 342 g/mol. The fraction of sp³-hybridized carbons (Fsp3) is 0. The number of carbonyl (C=O) groups is 1. The summed E-state index contributed by atoms with van der Waals surface area (Å²) in [6.45, 7) is 0. The van der Waals surface area contributed by atoms with Gasteiger partial charge in [0, 0.05) is 15.8 Å². The van der Waals surface area contributed by atoms with Crippen molar-refractivity contribution < 1.29 is 9.90 Å². The van der Waals surface area contributed by atoms with Crippen molar-refractivity contribution in [2.75, 3.05) is 0 Å². The largest absolute Gasteiger partial charge is 0.476 e. The van der Waals surface area contributed by atoms with Gasteiger partial charge in [0.05, 0.1) is 5.69 Å². The predicted octanol–water partition coefficient (Wildman–Crippen LogP) is 1.54. The molecule has 0 radical (unpaired) electrons. The van der Waals surface area contributed by atoms with Gasteiger partial charge in [-0.25, -0.2) is 9.48 Å². The molecule has 0 amide bonds. The van der Waals surface area contributed by atoms with Crippen LogP contribution in [0.1, 0.15) is 10.5 Å². The zero-order chi connectivity index (χ0) is 12.4. The minimum atomic E-state index is -1.32. The number of rotatable bonds is 2. The molecule has 17 heavy (non-hydrogen) atoms. The summed E-state index contributed by atoms with van der Waals surface area (Å²) in [5.41, 5.74) is -0.370. The van der Waals surface area contributed by atoms with Crippen molar-refractivity contribution in [2.24, 2.45) is 0 Å². The van der Waals surface area contributed by atoms with Crippen LogP contribution in [0, 0.1) is 3.57 Å². The third kappa shape index (κ3) is 2.52. The van der Waals surface area contributed by atoms with Crippen molar-refractivity contribution in [1.82, 2.24) is 9.78 Å². The summed E-state index contributed by atoms with van der Waals surface area (Å²) in [5.74, 6) is -1.32. The topological polar surface area (TPSA) is 72.2 Å². The van der Waals surface area contributed by atoms with Gasteiger partial charge in [0.15, 0.2) is 0 Å². The summed E-state index contributed by atoms with van der Waals surface area (Å²) in [6, 6.07) is 8.55. The Hall–Kier alpha value is -1.70. The van der Waals surface area contributed by atoms with Crippen LogP contribution in [-0.4, -0.2) is 20.9 Å². The van der Waals surface area contributed by atoms with Crippen LogP contribution in [0.3, 0.4) is 0 Å². The maximum Gasteiger partial charge on any atom is 0.360 e. The van der Waals surface area contributed by atoms with Gasteiger partial charge >= 0.3 is 5.97 Å². The van der Waals surface area contributed by atoms with E-state index in [1.165, 1.54) is 16.9 Å². The summed E-state index contributed by atoms with van der Waals surface area (Å²) >= 11 is 2.14. The number of aromatic carboxylic acids is 1. The van der Waals surface area contributed by atoms with Crippen LogP contribution in [0.5, 0.6) is 0 Å². The fourth-order valence-electron chi connectivity index (χ4n) is 1.32. The van der Waals surface area contributed by atoms with Gasteiger partial charge in [0.1, 0.15) is 0 Å². The van der Waals surface area contributed by atoms with Crippen LogP contribution in [-0.2, 0) is 0 Å². The van der Waals surface area contributed by atoms with E-state index in [1.54, 1.807) is 6.07 Å². The molecule has 0 atom stereocenters. The molecule has 0 unspecified atom stereocenters. The summed E-state index contributed by atoms with van der Waals surface area (Å²) in [4.78, 5) is 22.0. The molecule has 1 heterocycles. The van der Waals surface area contributed by atoms with Gasteiger partial charge < -0.3 is 5.11 Å². The van der Waals surface area contributed by atoms with Crippen molar-refractivity contribution in [1.29, 1.82) is 0 Å². The first-order chi connectivity index (χ1) is 8.08. The first-order valence-corrected chi connectivity index (χ1v) is 5.75. The average Bonchev–Trinajstić information content (AvgIpc) is 2.29. The molecule has 1 N–H and O–H groups in total. The average molecular weight is 342 g/mol. The number of carboxylic acids is 1. The molecule has 86 valence electrons. The van der Waals surface area contributed by atoms with Gasteiger partial charge in [-0.3, -0.25) is 4.79 Å². The highest BCUT2D eigenvalue weighted by atomic mass is 127. The van der Waals surface area contributed by atoms with Gasteiger partial charge in [-0.05, 0) is 40.8 Å². The van der Waals surface area contributed by atoms with Crippen LogP contribution < -0.4 is 5.43 Å². The van der Waals surface area contributed by atoms with Gasteiger partial charge in [-0.15, -0.1) is 0 Å². The van der Waals surface area contributed by atoms with Crippen molar-refractivity contribution >= 4 is 28.6 Å². The zero-order valence-electron chi connectivity index (χ0n) is 8.50. The van der Waals surface area contributed by atoms with E-state index in [4.69, 9.17) is 5.11 Å². The lowest BCUT2D eigenvalue weighted by Gasteiger charge is -2.05. The Labute approximate surface area is 110 Å². The lowest BCUT2D eigenvalue weighted by Crippen LogP contribution is -2.20. The standard InChI is InChI=1S/C11H7IN2O3/c12-7-2-1-3-8(6-7)14-5-4-9(15)10(13-14)11(16)17/h1-6H,(H,16,17). The second-order valence-corrected chi connectivity index (χ2v) is 4.50. The van der Waals surface area contributed by atoms with E-state index < -0.39 is 17.1 Å². The van der Waals surface area contributed by atoms with E-state index in [2.05, 4.69) is 27.7 Å². The Morgan fingerprint density at radius 2 is 2.12 bits per heavy atom. The Morgan fingerprint density at radius 3 is 2.76 bits per heavy atom. The number of benzene rings is 1. The van der Waals surface area contributed by atoms with E-state index >= 15 is 0 Å². The molecule has 0 saturated carbocycles. The smallest absolute Gasteiger partial charge is 0.360 e. The molecule has 0 spiro atoms. The van der Waals surface area contributed by atoms with Crippen LogP contribution in [0.15, 0.2) is 41.3 Å². The second-order valence-electron chi connectivity index (χ2n) is 3.26. The van der Waals surface area contributed by atoms with E-state index in [0.29, 0.717) is 5.69 Å². The Balaban J connectivity index is 2.58. The lowest BCUT2D eigenvalue weighted by molar-refractivity contribution is 0.0687. The maximum atomic E-state index is 11.3. The molecule has 0 aliphatic rings. The molecule has 1 aromatic heterocycles. The van der Waals surface area contributed by atoms with E-state index in [-0.39, 0.29) is 0 Å². The fourth-order valence-corrected chi connectivity index (χ4v) is 1.84. The molecule has 6 heteroatoms. The minimum absolute atomic E-state index is 0.480. The predicted molar refractivity (Wildman–Crippen MR) is 69.5 cm³/mol. The molecule has 2 aromatic rings. The molecule has 0 aliphatic carbocycles. The van der Waals surface area contributed by atoms with E-state index in [1.807, 2.05) is 18.2 Å². The van der Waals surface area contributed by atoms with E-state index in [9.17, 15) is 9.59 Å². The van der Waals surface area contributed by atoms with Crippen LogP contribution >= 0.6 is 22.6 Å². The maximum absolute atomic E-state index is 11.3. The molecule has 1 aromatic carbocycles. The summed E-state index contributed by atoms with van der Waals surface area (Å²) in [5, 5.41) is 12.6.